The monoisotopic (exact) mass is 893 g/mol. The summed E-state index contributed by atoms with van der Waals surface area (Å²) in [5, 5.41) is 0. The van der Waals surface area contributed by atoms with Crippen molar-refractivity contribution in [2.75, 3.05) is 13.2 Å². The SMILES string of the molecule is CC/C=C\C/C=C\C/C=C\C/C=C\CCCCCCCCC(=O)OCC(COC(=O)CCCCCCCCCCCCCCC)OC(=O)CCCCCCCCC/C=C\C/C=C\CC. The van der Waals surface area contributed by atoms with Gasteiger partial charge in [0.05, 0.1) is 0 Å². The molecular weight excluding hydrogens is 793 g/mol. The molecule has 0 radical (unpaired) electrons. The van der Waals surface area contributed by atoms with E-state index in [1.54, 1.807) is 0 Å². The van der Waals surface area contributed by atoms with Crippen LogP contribution in [0.1, 0.15) is 258 Å². The van der Waals surface area contributed by atoms with Crippen molar-refractivity contribution < 1.29 is 28.6 Å². The zero-order valence-electron chi connectivity index (χ0n) is 42.0. The van der Waals surface area contributed by atoms with Crippen molar-refractivity contribution in [2.24, 2.45) is 0 Å². The Bertz CT molecular complexity index is 1210. The van der Waals surface area contributed by atoms with Crippen LogP contribution in [0, 0.1) is 0 Å². The van der Waals surface area contributed by atoms with E-state index in [0.717, 1.165) is 109 Å². The van der Waals surface area contributed by atoms with Gasteiger partial charge >= 0.3 is 17.9 Å². The topological polar surface area (TPSA) is 78.9 Å². The average Bonchev–Trinajstić information content (AvgIpc) is 3.29. The van der Waals surface area contributed by atoms with Gasteiger partial charge in [0, 0.05) is 19.3 Å². The fraction of sp³-hybridized carbons (Fsp3) is 0.741. The van der Waals surface area contributed by atoms with Crippen LogP contribution < -0.4 is 0 Å². The Kier molecular flexibility index (Phi) is 49.9. The molecule has 0 aromatic heterocycles. The number of ether oxygens (including phenoxy) is 3. The molecule has 1 unspecified atom stereocenters. The Labute approximate surface area is 395 Å². The minimum Gasteiger partial charge on any atom is -0.462 e. The molecule has 0 aliphatic rings. The normalized spacial score (nSPS) is 12.6. The largest absolute Gasteiger partial charge is 0.462 e. The van der Waals surface area contributed by atoms with E-state index in [4.69, 9.17) is 14.2 Å². The van der Waals surface area contributed by atoms with E-state index in [0.29, 0.717) is 19.3 Å². The zero-order valence-corrected chi connectivity index (χ0v) is 42.0. The van der Waals surface area contributed by atoms with Crippen LogP contribution in [-0.2, 0) is 28.6 Å². The molecule has 0 heterocycles. The maximum Gasteiger partial charge on any atom is 0.306 e. The lowest BCUT2D eigenvalue weighted by molar-refractivity contribution is -0.167. The van der Waals surface area contributed by atoms with Gasteiger partial charge in [0.2, 0.25) is 0 Å². The molecule has 368 valence electrons. The molecule has 64 heavy (non-hydrogen) atoms. The highest BCUT2D eigenvalue weighted by atomic mass is 16.6. The van der Waals surface area contributed by atoms with Gasteiger partial charge < -0.3 is 14.2 Å². The summed E-state index contributed by atoms with van der Waals surface area (Å²) >= 11 is 0. The molecule has 1 atom stereocenters. The fourth-order valence-electron chi connectivity index (χ4n) is 7.47. The third-order valence-corrected chi connectivity index (χ3v) is 11.5. The standard InChI is InChI=1S/C58H100O6/c1-4-7-10-13-16-19-22-25-27-28-29-30-31-34-36-39-42-45-48-51-57(60)63-54-55(53-62-56(59)50-47-44-41-38-35-32-24-21-18-15-12-9-6-3)64-58(61)52-49-46-43-40-37-33-26-23-20-17-14-11-8-5-2/h7-8,10-11,16-17,19-20,25,27,29-30,55H,4-6,9,12-15,18,21-24,26,28,31-54H2,1-3H3/b10-7-,11-8-,19-16-,20-17-,27-25-,30-29-. The van der Waals surface area contributed by atoms with Crippen LogP contribution in [0.15, 0.2) is 72.9 Å². The van der Waals surface area contributed by atoms with Crippen molar-refractivity contribution in [1.82, 2.24) is 0 Å². The Hall–Kier alpha value is -3.15. The first-order valence-corrected chi connectivity index (χ1v) is 26.9. The van der Waals surface area contributed by atoms with Gasteiger partial charge in [-0.05, 0) is 83.5 Å². The Morgan fingerprint density at radius 2 is 0.609 bits per heavy atom. The number of hydrogen-bond donors (Lipinski definition) is 0. The predicted molar refractivity (Wildman–Crippen MR) is 274 cm³/mol. The molecule has 6 nitrogen and oxygen atoms in total. The summed E-state index contributed by atoms with van der Waals surface area (Å²) in [6.45, 7) is 6.41. The maximum absolute atomic E-state index is 12.8. The quantitative estimate of drug-likeness (QED) is 0.0262. The second-order valence-corrected chi connectivity index (χ2v) is 17.7. The third kappa shape index (κ3) is 49.9. The van der Waals surface area contributed by atoms with Gasteiger partial charge in [0.15, 0.2) is 6.10 Å². The molecule has 0 bridgehead atoms. The molecule has 0 fully saturated rings. The number of unbranched alkanes of at least 4 members (excludes halogenated alkanes) is 25. The van der Waals surface area contributed by atoms with Crippen molar-refractivity contribution in [1.29, 1.82) is 0 Å². The van der Waals surface area contributed by atoms with Gasteiger partial charge in [0.1, 0.15) is 13.2 Å². The highest BCUT2D eigenvalue weighted by Crippen LogP contribution is 2.15. The fourth-order valence-corrected chi connectivity index (χ4v) is 7.47. The molecule has 0 spiro atoms. The van der Waals surface area contributed by atoms with Crippen molar-refractivity contribution >= 4 is 17.9 Å². The third-order valence-electron chi connectivity index (χ3n) is 11.5. The second-order valence-electron chi connectivity index (χ2n) is 17.7. The number of carbonyl (C=O) groups is 3. The van der Waals surface area contributed by atoms with Gasteiger partial charge in [0.25, 0.3) is 0 Å². The first-order valence-electron chi connectivity index (χ1n) is 26.9. The van der Waals surface area contributed by atoms with Crippen LogP contribution in [0.25, 0.3) is 0 Å². The lowest BCUT2D eigenvalue weighted by atomic mass is 10.0. The second kappa shape index (κ2) is 52.5. The Morgan fingerprint density at radius 1 is 0.328 bits per heavy atom. The molecule has 0 N–H and O–H groups in total. The van der Waals surface area contributed by atoms with Crippen molar-refractivity contribution in [3.63, 3.8) is 0 Å². The summed E-state index contributed by atoms with van der Waals surface area (Å²) in [4.78, 5) is 38.0. The van der Waals surface area contributed by atoms with Crippen LogP contribution in [0.3, 0.4) is 0 Å². The molecule has 0 amide bonds. The van der Waals surface area contributed by atoms with Crippen molar-refractivity contribution in [2.45, 2.75) is 264 Å². The van der Waals surface area contributed by atoms with Gasteiger partial charge in [-0.1, -0.05) is 229 Å². The summed E-state index contributed by atoms with van der Waals surface area (Å²) in [5.41, 5.74) is 0. The first kappa shape index (κ1) is 60.9. The van der Waals surface area contributed by atoms with E-state index in [1.165, 1.54) is 109 Å². The lowest BCUT2D eigenvalue weighted by Crippen LogP contribution is -2.30. The lowest BCUT2D eigenvalue weighted by Gasteiger charge is -2.18. The number of allylic oxidation sites excluding steroid dienone is 12. The van der Waals surface area contributed by atoms with Gasteiger partial charge in [-0.3, -0.25) is 14.4 Å². The summed E-state index contributed by atoms with van der Waals surface area (Å²) in [6, 6.07) is 0. The number of rotatable bonds is 48. The molecule has 0 aliphatic heterocycles. The molecule has 0 aromatic carbocycles. The van der Waals surface area contributed by atoms with E-state index in [9.17, 15) is 14.4 Å². The Morgan fingerprint density at radius 3 is 0.953 bits per heavy atom. The minimum absolute atomic E-state index is 0.0815. The highest BCUT2D eigenvalue weighted by Gasteiger charge is 2.19. The maximum atomic E-state index is 12.8. The van der Waals surface area contributed by atoms with E-state index in [-0.39, 0.29) is 31.1 Å². The highest BCUT2D eigenvalue weighted by molar-refractivity contribution is 5.71. The van der Waals surface area contributed by atoms with E-state index in [2.05, 4.69) is 93.7 Å². The summed E-state index contributed by atoms with van der Waals surface area (Å²) in [7, 11) is 0. The Balaban J connectivity index is 4.39. The van der Waals surface area contributed by atoms with Crippen LogP contribution in [0.2, 0.25) is 0 Å². The van der Waals surface area contributed by atoms with E-state index in [1.807, 2.05) is 0 Å². The minimum atomic E-state index is -0.783. The molecule has 0 saturated carbocycles. The van der Waals surface area contributed by atoms with Crippen molar-refractivity contribution in [3.05, 3.63) is 72.9 Å². The number of carbonyl (C=O) groups excluding carboxylic acids is 3. The summed E-state index contributed by atoms with van der Waals surface area (Å²) < 4.78 is 16.8. The first-order chi connectivity index (χ1) is 31.5. The predicted octanol–water partition coefficient (Wildman–Crippen LogP) is 17.8. The number of hydrogen-bond acceptors (Lipinski definition) is 6. The molecule has 0 saturated heterocycles. The van der Waals surface area contributed by atoms with Crippen molar-refractivity contribution in [3.8, 4) is 0 Å². The van der Waals surface area contributed by atoms with Gasteiger partial charge in [-0.25, -0.2) is 0 Å². The van der Waals surface area contributed by atoms with Gasteiger partial charge in [-0.2, -0.15) is 0 Å². The average molecular weight is 893 g/mol. The van der Waals surface area contributed by atoms with Crippen LogP contribution >= 0.6 is 0 Å². The molecule has 0 aromatic rings. The van der Waals surface area contributed by atoms with Gasteiger partial charge in [-0.15, -0.1) is 0 Å². The molecule has 0 aliphatic carbocycles. The summed E-state index contributed by atoms with van der Waals surface area (Å²) in [6.07, 6.45) is 66.0. The van der Waals surface area contributed by atoms with E-state index < -0.39 is 6.10 Å². The van der Waals surface area contributed by atoms with Crippen LogP contribution in [0.4, 0.5) is 0 Å². The zero-order chi connectivity index (χ0) is 46.5. The molecule has 0 rings (SSSR count). The van der Waals surface area contributed by atoms with E-state index >= 15 is 0 Å². The molecular formula is C58H100O6. The van der Waals surface area contributed by atoms with Crippen LogP contribution in [0.5, 0.6) is 0 Å². The molecule has 6 heteroatoms. The summed E-state index contributed by atoms with van der Waals surface area (Å²) in [5.74, 6) is -0.899. The smallest absolute Gasteiger partial charge is 0.306 e. The number of esters is 3. The van der Waals surface area contributed by atoms with Crippen LogP contribution in [-0.4, -0.2) is 37.2 Å².